The zero-order chi connectivity index (χ0) is 18.4. The molecule has 0 spiro atoms. The molecule has 26 heavy (non-hydrogen) atoms. The Balaban J connectivity index is 1.42. The van der Waals surface area contributed by atoms with Gasteiger partial charge in [-0.15, -0.1) is 11.3 Å². The molecule has 0 N–H and O–H groups in total. The molecule has 2 aromatic heterocycles. The van der Waals surface area contributed by atoms with E-state index in [2.05, 4.69) is 10.1 Å². The summed E-state index contributed by atoms with van der Waals surface area (Å²) in [6, 6.07) is 11.7. The van der Waals surface area contributed by atoms with E-state index in [1.165, 1.54) is 0 Å². The summed E-state index contributed by atoms with van der Waals surface area (Å²) < 4.78 is 11.0. The first-order valence-electron chi connectivity index (χ1n) is 8.42. The van der Waals surface area contributed by atoms with Gasteiger partial charge in [0.1, 0.15) is 12.4 Å². The zero-order valence-corrected chi connectivity index (χ0v) is 15.7. The van der Waals surface area contributed by atoms with E-state index in [-0.39, 0.29) is 5.91 Å². The first kappa shape index (κ1) is 18.1. The summed E-state index contributed by atoms with van der Waals surface area (Å²) in [7, 11) is 1.77. The van der Waals surface area contributed by atoms with Gasteiger partial charge in [0.25, 0.3) is 0 Å². The molecule has 0 atom stereocenters. The molecule has 3 rings (SSSR count). The summed E-state index contributed by atoms with van der Waals surface area (Å²) in [5.41, 5.74) is 1.08. The number of likely N-dealkylation sites (N-methyl/N-ethyl adjacent to an activating group) is 1. The van der Waals surface area contributed by atoms with Crippen LogP contribution >= 0.6 is 11.3 Å². The average molecular weight is 371 g/mol. The molecule has 0 radical (unpaired) electrons. The molecule has 0 saturated carbocycles. The second kappa shape index (κ2) is 8.62. The van der Waals surface area contributed by atoms with Gasteiger partial charge in [-0.2, -0.15) is 4.98 Å². The van der Waals surface area contributed by atoms with Crippen molar-refractivity contribution in [3.63, 3.8) is 0 Å². The molecule has 0 aliphatic carbocycles. The van der Waals surface area contributed by atoms with Gasteiger partial charge in [0.2, 0.25) is 17.6 Å². The van der Waals surface area contributed by atoms with Crippen LogP contribution in [-0.4, -0.2) is 41.1 Å². The largest absolute Gasteiger partial charge is 0.491 e. The maximum atomic E-state index is 12.2. The lowest BCUT2D eigenvalue weighted by atomic mass is 10.2. The maximum Gasteiger partial charge on any atom is 0.227 e. The minimum Gasteiger partial charge on any atom is -0.491 e. The van der Waals surface area contributed by atoms with Crippen molar-refractivity contribution in [1.82, 2.24) is 15.0 Å². The lowest BCUT2D eigenvalue weighted by Crippen LogP contribution is -2.31. The Bertz CT molecular complexity index is 845. The van der Waals surface area contributed by atoms with Crippen LogP contribution in [0.3, 0.4) is 0 Å². The quantitative estimate of drug-likeness (QED) is 0.605. The van der Waals surface area contributed by atoms with Crippen molar-refractivity contribution in [2.45, 2.75) is 19.8 Å². The molecular weight excluding hydrogens is 350 g/mol. The van der Waals surface area contributed by atoms with Crippen molar-refractivity contribution in [1.29, 1.82) is 0 Å². The molecule has 0 bridgehead atoms. The van der Waals surface area contributed by atoms with Gasteiger partial charge >= 0.3 is 0 Å². The molecule has 2 heterocycles. The van der Waals surface area contributed by atoms with Crippen LogP contribution in [0.15, 0.2) is 46.3 Å². The highest BCUT2D eigenvalue weighted by molar-refractivity contribution is 7.13. The molecule has 1 amide bonds. The monoisotopic (exact) mass is 371 g/mol. The molecular formula is C19H21N3O3S. The first-order valence-corrected chi connectivity index (χ1v) is 9.30. The van der Waals surface area contributed by atoms with Crippen LogP contribution in [0, 0.1) is 6.92 Å². The average Bonchev–Trinajstić information content (AvgIpc) is 3.32. The van der Waals surface area contributed by atoms with Crippen molar-refractivity contribution in [2.75, 3.05) is 20.2 Å². The maximum absolute atomic E-state index is 12.2. The SMILES string of the molecule is Cc1ccccc1OCCN(C)C(=O)CCc1nc(-c2cccs2)no1. The highest BCUT2D eigenvalue weighted by atomic mass is 32.1. The van der Waals surface area contributed by atoms with Crippen molar-refractivity contribution < 1.29 is 14.1 Å². The normalized spacial score (nSPS) is 10.7. The van der Waals surface area contributed by atoms with Gasteiger partial charge in [-0.1, -0.05) is 29.4 Å². The Hall–Kier alpha value is -2.67. The Morgan fingerprint density at radius 3 is 2.88 bits per heavy atom. The van der Waals surface area contributed by atoms with Crippen molar-refractivity contribution in [2.24, 2.45) is 0 Å². The van der Waals surface area contributed by atoms with Crippen LogP contribution in [0.25, 0.3) is 10.7 Å². The number of hydrogen-bond donors (Lipinski definition) is 0. The highest BCUT2D eigenvalue weighted by Gasteiger charge is 2.14. The first-order chi connectivity index (χ1) is 12.6. The third-order valence-corrected chi connectivity index (χ3v) is 4.83. The van der Waals surface area contributed by atoms with Crippen LogP contribution in [0.1, 0.15) is 17.9 Å². The van der Waals surface area contributed by atoms with Crippen LogP contribution in [-0.2, 0) is 11.2 Å². The fourth-order valence-corrected chi connectivity index (χ4v) is 3.05. The predicted molar refractivity (Wildman–Crippen MR) is 100 cm³/mol. The number of carbonyl (C=O) groups is 1. The van der Waals surface area contributed by atoms with Gasteiger partial charge < -0.3 is 14.2 Å². The highest BCUT2D eigenvalue weighted by Crippen LogP contribution is 2.21. The summed E-state index contributed by atoms with van der Waals surface area (Å²) in [6.07, 6.45) is 0.757. The summed E-state index contributed by atoms with van der Waals surface area (Å²) in [5.74, 6) is 1.92. The summed E-state index contributed by atoms with van der Waals surface area (Å²) in [6.45, 7) is 2.98. The lowest BCUT2D eigenvalue weighted by Gasteiger charge is -2.17. The molecule has 7 heteroatoms. The number of para-hydroxylation sites is 1. The third-order valence-electron chi connectivity index (χ3n) is 3.97. The summed E-state index contributed by atoms with van der Waals surface area (Å²) in [5, 5.41) is 5.91. The summed E-state index contributed by atoms with van der Waals surface area (Å²) in [4.78, 5) is 19.2. The zero-order valence-electron chi connectivity index (χ0n) is 14.8. The summed E-state index contributed by atoms with van der Waals surface area (Å²) >= 11 is 1.55. The van der Waals surface area contributed by atoms with E-state index in [1.807, 2.05) is 48.7 Å². The number of ether oxygens (including phenoxy) is 1. The van der Waals surface area contributed by atoms with E-state index >= 15 is 0 Å². The van der Waals surface area contributed by atoms with Crippen molar-refractivity contribution >= 4 is 17.2 Å². The topological polar surface area (TPSA) is 68.5 Å². The molecule has 136 valence electrons. The smallest absolute Gasteiger partial charge is 0.227 e. The van der Waals surface area contributed by atoms with Crippen LogP contribution in [0.4, 0.5) is 0 Å². The fourth-order valence-electron chi connectivity index (χ4n) is 2.40. The van der Waals surface area contributed by atoms with Crippen LogP contribution in [0.2, 0.25) is 0 Å². The number of nitrogens with zero attached hydrogens (tertiary/aromatic N) is 3. The molecule has 0 saturated heterocycles. The number of benzene rings is 1. The molecule has 0 unspecified atom stereocenters. The minimum absolute atomic E-state index is 0.0225. The number of aromatic nitrogens is 2. The predicted octanol–water partition coefficient (Wildman–Crippen LogP) is 3.58. The molecule has 0 aliphatic rings. The standard InChI is InChI=1S/C19H21N3O3S/c1-14-6-3-4-7-15(14)24-12-11-22(2)18(23)10-9-17-20-19(21-25-17)16-8-5-13-26-16/h3-8,13H,9-12H2,1-2H3. The second-order valence-corrected chi connectivity index (χ2v) is 6.87. The van der Waals surface area contributed by atoms with E-state index in [9.17, 15) is 4.79 Å². The van der Waals surface area contributed by atoms with Gasteiger partial charge in [0.15, 0.2) is 0 Å². The van der Waals surface area contributed by atoms with Crippen LogP contribution < -0.4 is 4.74 Å². The van der Waals surface area contributed by atoms with Gasteiger partial charge in [-0.25, -0.2) is 0 Å². The van der Waals surface area contributed by atoms with E-state index < -0.39 is 0 Å². The van der Waals surface area contributed by atoms with E-state index in [0.29, 0.717) is 37.7 Å². The van der Waals surface area contributed by atoms with Gasteiger partial charge in [-0.05, 0) is 30.0 Å². The number of amides is 1. The molecule has 3 aromatic rings. The number of hydrogen-bond acceptors (Lipinski definition) is 6. The Kier molecular flexibility index (Phi) is 6.01. The Morgan fingerprint density at radius 1 is 1.27 bits per heavy atom. The van der Waals surface area contributed by atoms with E-state index in [4.69, 9.17) is 9.26 Å². The Labute approximate surface area is 156 Å². The van der Waals surface area contributed by atoms with Crippen molar-refractivity contribution in [3.05, 3.63) is 53.2 Å². The molecule has 0 aliphatic heterocycles. The number of aryl methyl sites for hydroxylation is 2. The van der Waals surface area contributed by atoms with Gasteiger partial charge in [-0.3, -0.25) is 4.79 Å². The number of carbonyl (C=O) groups excluding carboxylic acids is 1. The van der Waals surface area contributed by atoms with Crippen LogP contribution in [0.5, 0.6) is 5.75 Å². The second-order valence-electron chi connectivity index (χ2n) is 5.92. The van der Waals surface area contributed by atoms with Gasteiger partial charge in [0.05, 0.1) is 11.4 Å². The molecule has 6 nitrogen and oxygen atoms in total. The molecule has 1 aromatic carbocycles. The van der Waals surface area contributed by atoms with Gasteiger partial charge in [0, 0.05) is 19.9 Å². The Morgan fingerprint density at radius 2 is 2.12 bits per heavy atom. The number of thiophene rings is 1. The number of rotatable bonds is 8. The lowest BCUT2D eigenvalue weighted by molar-refractivity contribution is -0.130. The van der Waals surface area contributed by atoms with Crippen molar-refractivity contribution in [3.8, 4) is 16.5 Å². The minimum atomic E-state index is 0.0225. The third kappa shape index (κ3) is 4.70. The fraction of sp³-hybridized carbons (Fsp3) is 0.316. The van der Waals surface area contributed by atoms with E-state index in [1.54, 1.807) is 23.3 Å². The molecule has 0 fully saturated rings. The van der Waals surface area contributed by atoms with E-state index in [0.717, 1.165) is 16.2 Å².